The monoisotopic (exact) mass is 410 g/mol. The topological polar surface area (TPSA) is 95.8 Å². The molecule has 148 valence electrons. The van der Waals surface area contributed by atoms with Crippen molar-refractivity contribution in [1.29, 1.82) is 0 Å². The number of nitrogens with zero attached hydrogens (tertiary/aromatic N) is 3. The molecule has 1 saturated heterocycles. The predicted molar refractivity (Wildman–Crippen MR) is 115 cm³/mol. The molecule has 0 aliphatic carbocycles. The Morgan fingerprint density at radius 2 is 1.79 bits per heavy atom. The van der Waals surface area contributed by atoms with Crippen LogP contribution in [-0.4, -0.2) is 35.9 Å². The summed E-state index contributed by atoms with van der Waals surface area (Å²) >= 11 is 5.18. The molecule has 1 aliphatic rings. The van der Waals surface area contributed by atoms with Crippen molar-refractivity contribution in [3.05, 3.63) is 69.3 Å². The van der Waals surface area contributed by atoms with E-state index in [0.29, 0.717) is 16.9 Å². The van der Waals surface area contributed by atoms with E-state index in [1.165, 1.54) is 23.1 Å². The molecule has 0 atom stereocenters. The van der Waals surface area contributed by atoms with Crippen molar-refractivity contribution in [1.82, 2.24) is 5.32 Å². The molecule has 0 bridgehead atoms. The van der Waals surface area contributed by atoms with Crippen molar-refractivity contribution in [3.8, 4) is 0 Å². The minimum Gasteiger partial charge on any atom is -0.377 e. The first-order chi connectivity index (χ1) is 13.7. The Kier molecular flexibility index (Phi) is 5.42. The van der Waals surface area contributed by atoms with E-state index in [1.807, 2.05) is 19.1 Å². The van der Waals surface area contributed by atoms with Crippen molar-refractivity contribution in [2.75, 3.05) is 23.9 Å². The minimum atomic E-state index is -0.653. The number of nitrogens with one attached hydrogen (secondary N) is 1. The maximum Gasteiger partial charge on any atom is 0.270 e. The van der Waals surface area contributed by atoms with Crippen LogP contribution >= 0.6 is 12.2 Å². The molecule has 0 aromatic heterocycles. The molecule has 9 heteroatoms. The van der Waals surface area contributed by atoms with Crippen LogP contribution in [0.2, 0.25) is 0 Å². The van der Waals surface area contributed by atoms with Gasteiger partial charge in [0.25, 0.3) is 17.5 Å². The number of non-ortho nitro benzene ring substituents is 1. The fourth-order valence-corrected chi connectivity index (χ4v) is 3.20. The van der Waals surface area contributed by atoms with Gasteiger partial charge in [0.2, 0.25) is 0 Å². The number of nitro groups is 1. The van der Waals surface area contributed by atoms with Gasteiger partial charge >= 0.3 is 0 Å². The zero-order chi connectivity index (χ0) is 21.3. The largest absolute Gasteiger partial charge is 0.377 e. The van der Waals surface area contributed by atoms with Crippen molar-refractivity contribution >= 4 is 52.3 Å². The van der Waals surface area contributed by atoms with E-state index in [4.69, 9.17) is 12.2 Å². The molecule has 0 spiro atoms. The average molecular weight is 410 g/mol. The number of rotatable bonds is 4. The zero-order valence-electron chi connectivity index (χ0n) is 16.0. The molecule has 1 N–H and O–H groups in total. The van der Waals surface area contributed by atoms with Gasteiger partial charge in [0.15, 0.2) is 5.11 Å². The smallest absolute Gasteiger partial charge is 0.270 e. The molecule has 2 aromatic carbocycles. The first-order valence-corrected chi connectivity index (χ1v) is 9.03. The third-order valence-corrected chi connectivity index (χ3v) is 4.68. The van der Waals surface area contributed by atoms with Crippen molar-refractivity contribution in [2.24, 2.45) is 0 Å². The van der Waals surface area contributed by atoms with Crippen molar-refractivity contribution in [3.63, 3.8) is 0 Å². The minimum absolute atomic E-state index is 0.0205. The van der Waals surface area contributed by atoms with Crippen molar-refractivity contribution in [2.45, 2.75) is 6.92 Å². The number of hydrogen-bond acceptors (Lipinski definition) is 6. The quantitative estimate of drug-likeness (QED) is 0.274. The molecule has 0 radical (unpaired) electrons. The average Bonchev–Trinajstić information content (AvgIpc) is 2.66. The Balaban J connectivity index is 2.10. The molecular weight excluding hydrogens is 392 g/mol. The second-order valence-electron chi connectivity index (χ2n) is 6.69. The van der Waals surface area contributed by atoms with E-state index in [0.717, 1.165) is 5.56 Å². The van der Waals surface area contributed by atoms with Gasteiger partial charge in [0.1, 0.15) is 5.57 Å². The van der Waals surface area contributed by atoms with E-state index in [2.05, 4.69) is 5.32 Å². The molecule has 0 saturated carbocycles. The van der Waals surface area contributed by atoms with E-state index >= 15 is 0 Å². The summed E-state index contributed by atoms with van der Waals surface area (Å²) in [6.45, 7) is 1.91. The highest BCUT2D eigenvalue weighted by molar-refractivity contribution is 7.80. The number of aryl methyl sites for hydroxylation is 1. The molecule has 1 heterocycles. The fraction of sp³-hybridized carbons (Fsp3) is 0.150. The van der Waals surface area contributed by atoms with E-state index in [-0.39, 0.29) is 16.4 Å². The molecule has 1 fully saturated rings. The molecule has 3 rings (SSSR count). The Bertz CT molecular complexity index is 1060. The number of amides is 2. The Morgan fingerprint density at radius 3 is 2.38 bits per heavy atom. The lowest BCUT2D eigenvalue weighted by atomic mass is 10.0. The summed E-state index contributed by atoms with van der Waals surface area (Å²) < 4.78 is 0. The second kappa shape index (κ2) is 7.80. The van der Waals surface area contributed by atoms with Crippen LogP contribution in [0.4, 0.5) is 17.1 Å². The van der Waals surface area contributed by atoms with Crippen LogP contribution in [0, 0.1) is 17.0 Å². The maximum atomic E-state index is 13.1. The van der Waals surface area contributed by atoms with Crippen LogP contribution in [0.1, 0.15) is 11.1 Å². The van der Waals surface area contributed by atoms with Crippen LogP contribution in [0.25, 0.3) is 6.08 Å². The van der Waals surface area contributed by atoms with Crippen LogP contribution < -0.4 is 15.1 Å². The molecule has 0 unspecified atom stereocenters. The third-order valence-electron chi connectivity index (χ3n) is 4.40. The lowest BCUT2D eigenvalue weighted by molar-refractivity contribution is -0.384. The van der Waals surface area contributed by atoms with Gasteiger partial charge in [-0.05, 0) is 43.4 Å². The summed E-state index contributed by atoms with van der Waals surface area (Å²) in [5.41, 5.74) is 2.22. The SMILES string of the molecule is Cc1ccc(N2C(=O)/C(=C\c3cc([N+](=O)[O-])ccc3N(C)C)C(=O)NC2=S)cc1. The van der Waals surface area contributed by atoms with Crippen LogP contribution in [-0.2, 0) is 9.59 Å². The molecule has 8 nitrogen and oxygen atoms in total. The van der Waals surface area contributed by atoms with E-state index < -0.39 is 16.7 Å². The summed E-state index contributed by atoms with van der Waals surface area (Å²) in [4.78, 5) is 39.2. The number of carbonyl (C=O) groups excluding carboxylic acids is 2. The molecule has 2 amide bonds. The van der Waals surface area contributed by atoms with Gasteiger partial charge in [-0.2, -0.15) is 0 Å². The summed E-state index contributed by atoms with van der Waals surface area (Å²) in [6.07, 6.45) is 1.35. The zero-order valence-corrected chi connectivity index (χ0v) is 16.8. The highest BCUT2D eigenvalue weighted by Gasteiger charge is 2.34. The van der Waals surface area contributed by atoms with Crippen molar-refractivity contribution < 1.29 is 14.5 Å². The lowest BCUT2D eigenvalue weighted by Gasteiger charge is -2.29. The summed E-state index contributed by atoms with van der Waals surface area (Å²) in [6, 6.07) is 11.4. The number of benzene rings is 2. The Labute approximate surface area is 172 Å². The first-order valence-electron chi connectivity index (χ1n) is 8.63. The predicted octanol–water partition coefficient (Wildman–Crippen LogP) is 2.80. The van der Waals surface area contributed by atoms with Gasteiger partial charge in [-0.15, -0.1) is 0 Å². The third kappa shape index (κ3) is 3.99. The first kappa shape index (κ1) is 20.2. The highest BCUT2D eigenvalue weighted by Crippen LogP contribution is 2.28. The van der Waals surface area contributed by atoms with Gasteiger partial charge in [0.05, 0.1) is 10.6 Å². The van der Waals surface area contributed by atoms with Gasteiger partial charge in [-0.3, -0.25) is 29.9 Å². The lowest BCUT2D eigenvalue weighted by Crippen LogP contribution is -2.54. The normalized spacial score (nSPS) is 15.5. The van der Waals surface area contributed by atoms with Gasteiger partial charge in [-0.1, -0.05) is 17.7 Å². The molecule has 1 aliphatic heterocycles. The molecule has 2 aromatic rings. The molecule has 29 heavy (non-hydrogen) atoms. The second-order valence-corrected chi connectivity index (χ2v) is 7.07. The van der Waals surface area contributed by atoms with Crippen LogP contribution in [0.3, 0.4) is 0 Å². The van der Waals surface area contributed by atoms with E-state index in [9.17, 15) is 19.7 Å². The number of thiocarbonyl (C=S) groups is 1. The standard InChI is InChI=1S/C20H18N4O4S/c1-12-4-6-14(7-5-12)23-19(26)16(18(25)21-20(23)29)11-13-10-15(24(27)28)8-9-17(13)22(2)3/h4-11H,1-3H3,(H,21,25,29)/b16-11-. The Morgan fingerprint density at radius 1 is 1.14 bits per heavy atom. The van der Waals surface area contributed by atoms with Crippen LogP contribution in [0.5, 0.6) is 0 Å². The Hall–Kier alpha value is -3.59. The summed E-state index contributed by atoms with van der Waals surface area (Å²) in [5, 5.41) is 13.7. The van der Waals surface area contributed by atoms with Gasteiger partial charge in [0, 0.05) is 37.5 Å². The van der Waals surface area contributed by atoms with Gasteiger partial charge < -0.3 is 4.90 Å². The summed E-state index contributed by atoms with van der Waals surface area (Å²) in [7, 11) is 3.53. The number of anilines is 2. The van der Waals surface area contributed by atoms with Gasteiger partial charge in [-0.25, -0.2) is 0 Å². The number of hydrogen-bond donors (Lipinski definition) is 1. The number of carbonyl (C=O) groups is 2. The maximum absolute atomic E-state index is 13.1. The van der Waals surface area contributed by atoms with E-state index in [1.54, 1.807) is 37.2 Å². The number of nitro benzene ring substituents is 1. The fourth-order valence-electron chi connectivity index (χ4n) is 2.92. The highest BCUT2D eigenvalue weighted by atomic mass is 32.1. The van der Waals surface area contributed by atoms with Crippen LogP contribution in [0.15, 0.2) is 48.0 Å². The summed E-state index contributed by atoms with van der Waals surface area (Å²) in [5.74, 6) is -1.25. The molecular formula is C20H18N4O4S.